The van der Waals surface area contributed by atoms with E-state index in [2.05, 4.69) is 0 Å². The van der Waals surface area contributed by atoms with Gasteiger partial charge in [0.15, 0.2) is 0 Å². The first kappa shape index (κ1) is 15.8. The molecule has 25 heavy (non-hydrogen) atoms. The Balaban J connectivity index is 1.60. The van der Waals surface area contributed by atoms with E-state index >= 15 is 0 Å². The number of hydrogen-bond donors (Lipinski definition) is 0. The van der Waals surface area contributed by atoms with Crippen molar-refractivity contribution in [2.45, 2.75) is 25.7 Å². The molecule has 2 heterocycles. The van der Waals surface area contributed by atoms with Crippen molar-refractivity contribution in [1.82, 2.24) is 9.80 Å². The number of alkyl halides is 1. The van der Waals surface area contributed by atoms with Crippen molar-refractivity contribution < 1.29 is 14.0 Å². The zero-order valence-corrected chi connectivity index (χ0v) is 13.8. The molecule has 2 aromatic carbocycles. The SMILES string of the molecule is O=C(c1cccc2c1C(=O)N(Cc1ccccc1)C2)N1CC[C@@H](F)C1. The van der Waals surface area contributed by atoms with Gasteiger partial charge in [0.25, 0.3) is 11.8 Å². The maximum absolute atomic E-state index is 13.4. The summed E-state index contributed by atoms with van der Waals surface area (Å²) in [4.78, 5) is 28.9. The number of nitrogens with zero attached hydrogens (tertiary/aromatic N) is 2. The van der Waals surface area contributed by atoms with Crippen LogP contribution in [0.1, 0.15) is 38.3 Å². The second kappa shape index (κ2) is 6.31. The smallest absolute Gasteiger partial charge is 0.255 e. The van der Waals surface area contributed by atoms with E-state index in [9.17, 15) is 14.0 Å². The molecule has 2 aliphatic heterocycles. The lowest BCUT2D eigenvalue weighted by Gasteiger charge is -2.18. The van der Waals surface area contributed by atoms with Crippen LogP contribution in [0.5, 0.6) is 0 Å². The van der Waals surface area contributed by atoms with Gasteiger partial charge in [-0.25, -0.2) is 4.39 Å². The minimum Gasteiger partial charge on any atom is -0.336 e. The zero-order chi connectivity index (χ0) is 17.4. The van der Waals surface area contributed by atoms with E-state index in [0.29, 0.717) is 37.2 Å². The molecule has 0 N–H and O–H groups in total. The highest BCUT2D eigenvalue weighted by molar-refractivity contribution is 6.09. The number of carbonyl (C=O) groups is 2. The van der Waals surface area contributed by atoms with E-state index in [-0.39, 0.29) is 18.4 Å². The average Bonchev–Trinajstić information content (AvgIpc) is 3.19. The standard InChI is InChI=1S/C20H19FN2O2/c21-16-9-10-22(13-16)19(24)17-8-4-7-15-12-23(20(25)18(15)17)11-14-5-2-1-3-6-14/h1-8,16H,9-13H2/t16-/m1/s1. The van der Waals surface area contributed by atoms with E-state index < -0.39 is 6.17 Å². The quantitative estimate of drug-likeness (QED) is 0.863. The minimum atomic E-state index is -0.967. The third kappa shape index (κ3) is 2.90. The number of likely N-dealkylation sites (tertiary alicyclic amines) is 1. The number of rotatable bonds is 3. The Labute approximate surface area is 145 Å². The maximum atomic E-state index is 13.4. The van der Waals surface area contributed by atoms with Crippen molar-refractivity contribution >= 4 is 11.8 Å². The molecule has 0 spiro atoms. The van der Waals surface area contributed by atoms with Gasteiger partial charge < -0.3 is 9.80 Å². The third-order valence-electron chi connectivity index (χ3n) is 4.88. The zero-order valence-electron chi connectivity index (χ0n) is 13.8. The lowest BCUT2D eigenvalue weighted by Crippen LogP contribution is -2.31. The highest BCUT2D eigenvalue weighted by atomic mass is 19.1. The second-order valence-electron chi connectivity index (χ2n) is 6.62. The Morgan fingerprint density at radius 3 is 2.64 bits per heavy atom. The summed E-state index contributed by atoms with van der Waals surface area (Å²) in [6, 6.07) is 15.1. The molecule has 0 saturated carbocycles. The molecule has 1 saturated heterocycles. The summed E-state index contributed by atoms with van der Waals surface area (Å²) in [6.45, 7) is 1.53. The van der Waals surface area contributed by atoms with Gasteiger partial charge >= 0.3 is 0 Å². The Kier molecular flexibility index (Phi) is 3.99. The summed E-state index contributed by atoms with van der Waals surface area (Å²) in [5.74, 6) is -0.370. The van der Waals surface area contributed by atoms with Crippen LogP contribution in [0.3, 0.4) is 0 Å². The van der Waals surface area contributed by atoms with Crippen molar-refractivity contribution in [1.29, 1.82) is 0 Å². The van der Waals surface area contributed by atoms with Gasteiger partial charge in [0.2, 0.25) is 0 Å². The molecule has 128 valence electrons. The summed E-state index contributed by atoms with van der Waals surface area (Å²) in [5, 5.41) is 0. The summed E-state index contributed by atoms with van der Waals surface area (Å²) in [6.07, 6.45) is -0.597. The molecule has 0 unspecified atom stereocenters. The fourth-order valence-electron chi connectivity index (χ4n) is 3.60. The monoisotopic (exact) mass is 338 g/mol. The highest BCUT2D eigenvalue weighted by Crippen LogP contribution is 2.29. The van der Waals surface area contributed by atoms with Crippen molar-refractivity contribution in [3.8, 4) is 0 Å². The van der Waals surface area contributed by atoms with Crippen molar-refractivity contribution in [3.63, 3.8) is 0 Å². The maximum Gasteiger partial charge on any atom is 0.255 e. The topological polar surface area (TPSA) is 40.6 Å². The lowest BCUT2D eigenvalue weighted by atomic mass is 10.0. The average molecular weight is 338 g/mol. The van der Waals surface area contributed by atoms with Gasteiger partial charge in [-0.05, 0) is 23.6 Å². The van der Waals surface area contributed by atoms with Crippen LogP contribution >= 0.6 is 0 Å². The number of amides is 2. The van der Waals surface area contributed by atoms with Crippen LogP contribution in [0.2, 0.25) is 0 Å². The number of fused-ring (bicyclic) bond motifs is 1. The number of hydrogen-bond acceptors (Lipinski definition) is 2. The molecule has 0 aliphatic carbocycles. The molecule has 2 aromatic rings. The van der Waals surface area contributed by atoms with Gasteiger partial charge in [-0.1, -0.05) is 42.5 Å². The first-order valence-electron chi connectivity index (χ1n) is 8.52. The molecular formula is C20H19FN2O2. The van der Waals surface area contributed by atoms with Crippen LogP contribution in [0.4, 0.5) is 4.39 Å². The second-order valence-corrected chi connectivity index (χ2v) is 6.62. The third-order valence-corrected chi connectivity index (χ3v) is 4.88. The minimum absolute atomic E-state index is 0.115. The number of halogens is 1. The van der Waals surface area contributed by atoms with Crippen LogP contribution in [-0.2, 0) is 13.1 Å². The number of benzene rings is 2. The molecule has 2 amide bonds. The van der Waals surface area contributed by atoms with E-state index in [1.54, 1.807) is 17.0 Å². The summed E-state index contributed by atoms with van der Waals surface area (Å²) >= 11 is 0. The van der Waals surface area contributed by atoms with Crippen LogP contribution in [0, 0.1) is 0 Å². The Hall–Kier alpha value is -2.69. The molecule has 4 nitrogen and oxygen atoms in total. The molecule has 5 heteroatoms. The molecular weight excluding hydrogens is 319 g/mol. The first-order chi connectivity index (χ1) is 12.1. The van der Waals surface area contributed by atoms with Crippen molar-refractivity contribution in [2.24, 2.45) is 0 Å². The van der Waals surface area contributed by atoms with E-state index in [0.717, 1.165) is 11.1 Å². The van der Waals surface area contributed by atoms with E-state index in [1.165, 1.54) is 4.90 Å². The van der Waals surface area contributed by atoms with Crippen LogP contribution in [-0.4, -0.2) is 40.9 Å². The molecule has 0 aromatic heterocycles. The lowest BCUT2D eigenvalue weighted by molar-refractivity contribution is 0.0740. The normalized spacial score (nSPS) is 19.4. The Morgan fingerprint density at radius 2 is 1.92 bits per heavy atom. The van der Waals surface area contributed by atoms with Crippen LogP contribution in [0.15, 0.2) is 48.5 Å². The van der Waals surface area contributed by atoms with Crippen molar-refractivity contribution in [3.05, 3.63) is 70.8 Å². The predicted octanol–water partition coefficient (Wildman–Crippen LogP) is 3.03. The molecule has 2 aliphatic rings. The van der Waals surface area contributed by atoms with E-state index in [1.807, 2.05) is 36.4 Å². The van der Waals surface area contributed by atoms with Crippen LogP contribution in [0.25, 0.3) is 0 Å². The van der Waals surface area contributed by atoms with Gasteiger partial charge in [-0.2, -0.15) is 0 Å². The molecule has 0 radical (unpaired) electrons. The Morgan fingerprint density at radius 1 is 1.12 bits per heavy atom. The molecule has 0 bridgehead atoms. The molecule has 1 fully saturated rings. The molecule has 1 atom stereocenters. The fourth-order valence-corrected chi connectivity index (χ4v) is 3.60. The van der Waals surface area contributed by atoms with Crippen LogP contribution < -0.4 is 0 Å². The largest absolute Gasteiger partial charge is 0.336 e. The highest BCUT2D eigenvalue weighted by Gasteiger charge is 2.34. The first-order valence-corrected chi connectivity index (χ1v) is 8.52. The van der Waals surface area contributed by atoms with Crippen molar-refractivity contribution in [2.75, 3.05) is 13.1 Å². The van der Waals surface area contributed by atoms with Gasteiger partial charge in [0.1, 0.15) is 6.17 Å². The van der Waals surface area contributed by atoms with E-state index in [4.69, 9.17) is 0 Å². The number of carbonyl (C=O) groups excluding carboxylic acids is 2. The van der Waals surface area contributed by atoms with Gasteiger partial charge in [-0.3, -0.25) is 9.59 Å². The van der Waals surface area contributed by atoms with Gasteiger partial charge in [0.05, 0.1) is 17.7 Å². The summed E-state index contributed by atoms with van der Waals surface area (Å²) < 4.78 is 13.4. The summed E-state index contributed by atoms with van der Waals surface area (Å²) in [7, 11) is 0. The predicted molar refractivity (Wildman–Crippen MR) is 91.9 cm³/mol. The fraction of sp³-hybridized carbons (Fsp3) is 0.300. The van der Waals surface area contributed by atoms with Gasteiger partial charge in [-0.15, -0.1) is 0 Å². The van der Waals surface area contributed by atoms with Gasteiger partial charge in [0, 0.05) is 19.6 Å². The molecule has 4 rings (SSSR count). The Bertz CT molecular complexity index is 822. The summed E-state index contributed by atoms with van der Waals surface area (Å²) in [5.41, 5.74) is 2.79.